The molecule has 1 aliphatic carbocycles. The molecule has 1 aliphatic rings. The third-order valence-corrected chi connectivity index (χ3v) is 4.04. The maximum atomic E-state index is 12.0. The number of benzene rings is 1. The zero-order valence-corrected chi connectivity index (χ0v) is 14.7. The number of hydrogen-bond donors (Lipinski definition) is 1. The summed E-state index contributed by atoms with van der Waals surface area (Å²) in [4.78, 5) is 36.9. The number of aryl methyl sites for hydroxylation is 1. The van der Waals surface area contributed by atoms with Gasteiger partial charge in [-0.2, -0.15) is 0 Å². The molecule has 0 unspecified atom stereocenters. The molecule has 1 N–H and O–H groups in total. The number of anilines is 1. The van der Waals surface area contributed by atoms with E-state index >= 15 is 0 Å². The van der Waals surface area contributed by atoms with Crippen LogP contribution in [-0.2, 0) is 19.1 Å². The number of carbonyl (C=O) groups excluding carboxylic acids is 3. The van der Waals surface area contributed by atoms with Crippen molar-refractivity contribution in [2.24, 2.45) is 5.92 Å². The summed E-state index contributed by atoms with van der Waals surface area (Å²) in [5.74, 6) is -0.889. The summed E-state index contributed by atoms with van der Waals surface area (Å²) in [6, 6.07) is 7.38. The predicted molar refractivity (Wildman–Crippen MR) is 94.9 cm³/mol. The monoisotopic (exact) mass is 344 g/mol. The van der Waals surface area contributed by atoms with E-state index in [2.05, 4.69) is 5.32 Å². The molecule has 2 rings (SSSR count). The second-order valence-electron chi connectivity index (χ2n) is 6.29. The number of ether oxygens (including phenoxy) is 1. The molecule has 134 valence electrons. The van der Waals surface area contributed by atoms with Gasteiger partial charge in [0.25, 0.3) is 5.91 Å². The van der Waals surface area contributed by atoms with Crippen molar-refractivity contribution in [3.63, 3.8) is 0 Å². The van der Waals surface area contributed by atoms with E-state index in [4.69, 9.17) is 4.74 Å². The standard InChI is InChI=1S/C19H24N2O4/c1-14-7-9-16(10-8-14)20-17(22)12-21(2)18(23)13-25-19(24)11-15-5-3-4-6-15/h3,5,7-10,15H,4,6,11-13H2,1-2H3,(H,20,22)/t15-/m1/s1. The molecule has 0 aliphatic heterocycles. The van der Waals surface area contributed by atoms with Crippen molar-refractivity contribution < 1.29 is 19.1 Å². The first-order valence-electron chi connectivity index (χ1n) is 8.37. The molecule has 0 aromatic heterocycles. The van der Waals surface area contributed by atoms with E-state index in [0.717, 1.165) is 18.4 Å². The third kappa shape index (κ3) is 6.41. The summed E-state index contributed by atoms with van der Waals surface area (Å²) >= 11 is 0. The van der Waals surface area contributed by atoms with E-state index in [1.807, 2.05) is 31.2 Å². The number of nitrogens with one attached hydrogen (secondary N) is 1. The van der Waals surface area contributed by atoms with Crippen molar-refractivity contribution in [2.75, 3.05) is 25.5 Å². The molecule has 0 saturated heterocycles. The van der Waals surface area contributed by atoms with Crippen molar-refractivity contribution in [2.45, 2.75) is 26.2 Å². The van der Waals surface area contributed by atoms with E-state index in [0.29, 0.717) is 12.1 Å². The van der Waals surface area contributed by atoms with Crippen LogP contribution in [-0.4, -0.2) is 42.9 Å². The molecular weight excluding hydrogens is 320 g/mol. The van der Waals surface area contributed by atoms with Crippen LogP contribution in [0.2, 0.25) is 0 Å². The van der Waals surface area contributed by atoms with Crippen LogP contribution in [0.5, 0.6) is 0 Å². The molecule has 1 aromatic carbocycles. The summed E-state index contributed by atoms with van der Waals surface area (Å²) < 4.78 is 5.00. The average molecular weight is 344 g/mol. The molecule has 6 nitrogen and oxygen atoms in total. The highest BCUT2D eigenvalue weighted by Crippen LogP contribution is 2.20. The van der Waals surface area contributed by atoms with Gasteiger partial charge in [0.15, 0.2) is 6.61 Å². The van der Waals surface area contributed by atoms with Gasteiger partial charge in [-0.25, -0.2) is 0 Å². The van der Waals surface area contributed by atoms with Crippen LogP contribution in [0.4, 0.5) is 5.69 Å². The largest absolute Gasteiger partial charge is 0.456 e. The fraction of sp³-hybridized carbons (Fsp3) is 0.421. The van der Waals surface area contributed by atoms with Crippen molar-refractivity contribution >= 4 is 23.5 Å². The van der Waals surface area contributed by atoms with Gasteiger partial charge in [0.1, 0.15) is 0 Å². The van der Waals surface area contributed by atoms with Gasteiger partial charge in [0, 0.05) is 12.7 Å². The van der Waals surface area contributed by atoms with Crippen LogP contribution in [0.3, 0.4) is 0 Å². The van der Waals surface area contributed by atoms with Crippen LogP contribution in [0.25, 0.3) is 0 Å². The Hall–Kier alpha value is -2.63. The van der Waals surface area contributed by atoms with Crippen LogP contribution >= 0.6 is 0 Å². The molecule has 6 heteroatoms. The molecule has 2 amide bonds. The van der Waals surface area contributed by atoms with Gasteiger partial charge in [0.2, 0.25) is 5.91 Å². The Labute approximate surface area is 147 Å². The number of esters is 1. The van der Waals surface area contributed by atoms with Crippen LogP contribution < -0.4 is 5.32 Å². The lowest BCUT2D eigenvalue weighted by Crippen LogP contribution is -2.37. The summed E-state index contributed by atoms with van der Waals surface area (Å²) in [5.41, 5.74) is 1.77. The molecule has 0 bridgehead atoms. The smallest absolute Gasteiger partial charge is 0.306 e. The molecule has 0 radical (unpaired) electrons. The zero-order valence-electron chi connectivity index (χ0n) is 14.7. The molecule has 0 heterocycles. The lowest BCUT2D eigenvalue weighted by atomic mass is 10.1. The van der Waals surface area contributed by atoms with E-state index in [9.17, 15) is 14.4 Å². The summed E-state index contributed by atoms with van der Waals surface area (Å²) in [6.45, 7) is 1.52. The van der Waals surface area contributed by atoms with Gasteiger partial charge in [-0.05, 0) is 37.8 Å². The van der Waals surface area contributed by atoms with Gasteiger partial charge < -0.3 is 15.0 Å². The topological polar surface area (TPSA) is 75.7 Å². The minimum atomic E-state index is -0.408. The maximum Gasteiger partial charge on any atom is 0.306 e. The second kappa shape index (κ2) is 9.01. The van der Waals surface area contributed by atoms with Gasteiger partial charge in [0.05, 0.1) is 13.0 Å². The number of likely N-dealkylation sites (N-methyl/N-ethyl adjacent to an activating group) is 1. The first-order chi connectivity index (χ1) is 11.9. The van der Waals surface area contributed by atoms with Crippen molar-refractivity contribution in [1.29, 1.82) is 0 Å². The number of nitrogens with zero attached hydrogens (tertiary/aromatic N) is 1. The average Bonchev–Trinajstić information content (AvgIpc) is 3.07. The summed E-state index contributed by atoms with van der Waals surface area (Å²) in [5, 5.41) is 2.72. The quantitative estimate of drug-likeness (QED) is 0.608. The number of amides is 2. The van der Waals surface area contributed by atoms with Gasteiger partial charge in [-0.15, -0.1) is 0 Å². The van der Waals surface area contributed by atoms with E-state index in [-0.39, 0.29) is 30.9 Å². The van der Waals surface area contributed by atoms with Gasteiger partial charge in [-0.3, -0.25) is 14.4 Å². The highest BCUT2D eigenvalue weighted by atomic mass is 16.5. The van der Waals surface area contributed by atoms with Crippen molar-refractivity contribution in [3.05, 3.63) is 42.0 Å². The zero-order chi connectivity index (χ0) is 18.2. The van der Waals surface area contributed by atoms with Gasteiger partial charge in [-0.1, -0.05) is 29.8 Å². The molecule has 0 saturated carbocycles. The SMILES string of the molecule is Cc1ccc(NC(=O)CN(C)C(=O)COC(=O)C[C@@H]2C=CCC2)cc1. The van der Waals surface area contributed by atoms with Crippen molar-refractivity contribution in [1.82, 2.24) is 4.90 Å². The minimum Gasteiger partial charge on any atom is -0.456 e. The highest BCUT2D eigenvalue weighted by molar-refractivity contribution is 5.94. The summed E-state index contributed by atoms with van der Waals surface area (Å²) in [7, 11) is 1.50. The fourth-order valence-electron chi connectivity index (χ4n) is 2.53. The number of rotatable bonds is 7. The number of allylic oxidation sites excluding steroid dienone is 2. The minimum absolute atomic E-state index is 0.102. The van der Waals surface area contributed by atoms with Crippen LogP contribution in [0.1, 0.15) is 24.8 Å². The first-order valence-corrected chi connectivity index (χ1v) is 8.37. The molecule has 25 heavy (non-hydrogen) atoms. The Morgan fingerprint density at radius 3 is 2.60 bits per heavy atom. The Morgan fingerprint density at radius 1 is 1.24 bits per heavy atom. The molecule has 1 aromatic rings. The second-order valence-corrected chi connectivity index (χ2v) is 6.29. The molecule has 0 spiro atoms. The Morgan fingerprint density at radius 2 is 1.96 bits per heavy atom. The molecule has 0 fully saturated rings. The predicted octanol–water partition coefficient (Wildman–Crippen LogP) is 2.29. The van der Waals surface area contributed by atoms with E-state index < -0.39 is 5.91 Å². The number of hydrogen-bond acceptors (Lipinski definition) is 4. The summed E-state index contributed by atoms with van der Waals surface area (Å²) in [6.07, 6.45) is 6.27. The fourth-order valence-corrected chi connectivity index (χ4v) is 2.53. The van der Waals surface area contributed by atoms with Crippen LogP contribution in [0.15, 0.2) is 36.4 Å². The van der Waals surface area contributed by atoms with Gasteiger partial charge >= 0.3 is 5.97 Å². The van der Waals surface area contributed by atoms with E-state index in [1.165, 1.54) is 11.9 Å². The lowest BCUT2D eigenvalue weighted by Gasteiger charge is -2.17. The molecule has 1 atom stereocenters. The Balaban J connectivity index is 1.69. The normalized spacial score (nSPS) is 15.7. The molecular formula is C19H24N2O4. The number of carbonyl (C=O) groups is 3. The maximum absolute atomic E-state index is 12.0. The third-order valence-electron chi connectivity index (χ3n) is 4.04. The van der Waals surface area contributed by atoms with Crippen LogP contribution in [0, 0.1) is 12.8 Å². The Bertz CT molecular complexity index is 652. The van der Waals surface area contributed by atoms with Crippen molar-refractivity contribution in [3.8, 4) is 0 Å². The lowest BCUT2D eigenvalue weighted by molar-refractivity contribution is -0.152. The highest BCUT2D eigenvalue weighted by Gasteiger charge is 2.18. The first kappa shape index (κ1) is 18.7. The van der Waals surface area contributed by atoms with E-state index in [1.54, 1.807) is 12.1 Å². The Kier molecular flexibility index (Phi) is 6.74.